The Morgan fingerprint density at radius 2 is 1.70 bits per heavy atom. The van der Waals surface area contributed by atoms with Gasteiger partial charge in [0.2, 0.25) is 0 Å². The highest BCUT2D eigenvalue weighted by molar-refractivity contribution is 6.41. The maximum absolute atomic E-state index is 6.42. The van der Waals surface area contributed by atoms with Crippen molar-refractivity contribution in [1.82, 2.24) is 0 Å². The first-order chi connectivity index (χ1) is 11.1. The van der Waals surface area contributed by atoms with Crippen molar-refractivity contribution in [2.24, 2.45) is 0 Å². The molecule has 0 spiro atoms. The van der Waals surface area contributed by atoms with E-state index in [0.29, 0.717) is 29.7 Å². The molecule has 3 aliphatic rings. The van der Waals surface area contributed by atoms with Gasteiger partial charge in [0.25, 0.3) is 0 Å². The predicted octanol–water partition coefficient (Wildman–Crippen LogP) is 3.91. The lowest BCUT2D eigenvalue weighted by molar-refractivity contribution is -0.211. The zero-order valence-electron chi connectivity index (χ0n) is 13.1. The van der Waals surface area contributed by atoms with Gasteiger partial charge in [-0.3, -0.25) is 0 Å². The second kappa shape index (κ2) is 7.74. The molecule has 3 rings (SSSR count). The van der Waals surface area contributed by atoms with Gasteiger partial charge in [-0.2, -0.15) is 0 Å². The average molecular weight is 361 g/mol. The minimum Gasteiger partial charge on any atom is -0.353 e. The molecule has 6 heteroatoms. The molecule has 0 radical (unpaired) electrons. The van der Waals surface area contributed by atoms with Crippen molar-refractivity contribution < 1.29 is 18.9 Å². The molecule has 4 unspecified atom stereocenters. The van der Waals surface area contributed by atoms with Crippen molar-refractivity contribution in [1.29, 1.82) is 0 Å². The van der Waals surface area contributed by atoms with Crippen LogP contribution >= 0.6 is 23.2 Å². The summed E-state index contributed by atoms with van der Waals surface area (Å²) in [6, 6.07) is 0. The van der Waals surface area contributed by atoms with E-state index in [-0.39, 0.29) is 12.6 Å². The van der Waals surface area contributed by atoms with Crippen LogP contribution in [0.1, 0.15) is 44.9 Å². The quantitative estimate of drug-likeness (QED) is 0.712. The highest BCUT2D eigenvalue weighted by Crippen LogP contribution is 2.45. The molecule has 4 nitrogen and oxygen atoms in total. The second-order valence-corrected chi connectivity index (χ2v) is 6.96. The van der Waals surface area contributed by atoms with E-state index in [9.17, 15) is 0 Å². The maximum atomic E-state index is 6.42. The Balaban J connectivity index is 1.68. The van der Waals surface area contributed by atoms with Gasteiger partial charge in [0.05, 0.1) is 10.1 Å². The first-order valence-corrected chi connectivity index (χ1v) is 9.00. The van der Waals surface area contributed by atoms with E-state index in [2.05, 4.69) is 5.92 Å². The van der Waals surface area contributed by atoms with Crippen molar-refractivity contribution in [3.8, 4) is 12.3 Å². The molecule has 0 aromatic heterocycles. The number of halogens is 2. The van der Waals surface area contributed by atoms with Crippen LogP contribution in [0.15, 0.2) is 10.1 Å². The lowest BCUT2D eigenvalue weighted by Crippen LogP contribution is -2.38. The molecule has 0 aromatic carbocycles. The summed E-state index contributed by atoms with van der Waals surface area (Å²) in [4.78, 5) is 0. The van der Waals surface area contributed by atoms with Gasteiger partial charge in [-0.15, -0.1) is 6.42 Å². The van der Waals surface area contributed by atoms with Crippen LogP contribution in [0.25, 0.3) is 0 Å². The first-order valence-electron chi connectivity index (χ1n) is 8.24. The number of terminal acetylenes is 1. The molecule has 0 amide bonds. The summed E-state index contributed by atoms with van der Waals surface area (Å²) in [6.45, 7) is 1.38. The van der Waals surface area contributed by atoms with Gasteiger partial charge in [0, 0.05) is 19.6 Å². The van der Waals surface area contributed by atoms with E-state index in [1.54, 1.807) is 0 Å². The third kappa shape index (κ3) is 3.87. The normalized spacial score (nSPS) is 38.6. The van der Waals surface area contributed by atoms with Crippen molar-refractivity contribution in [3.05, 3.63) is 10.1 Å². The zero-order chi connectivity index (χ0) is 16.3. The third-order valence-corrected chi connectivity index (χ3v) is 5.52. The molecule has 0 N–H and O–H groups in total. The van der Waals surface area contributed by atoms with Crippen LogP contribution in [0.2, 0.25) is 0 Å². The second-order valence-electron chi connectivity index (χ2n) is 6.17. The van der Waals surface area contributed by atoms with E-state index in [1.165, 1.54) is 0 Å². The Labute approximate surface area is 147 Å². The molecular weight excluding hydrogens is 339 g/mol. The summed E-state index contributed by atoms with van der Waals surface area (Å²) in [6.07, 6.45) is 11.0. The van der Waals surface area contributed by atoms with Crippen LogP contribution < -0.4 is 0 Å². The van der Waals surface area contributed by atoms with Gasteiger partial charge in [-0.1, -0.05) is 29.1 Å². The standard InChI is InChI=1S/C17H22Cl2O4/c1-2-17(23-14-8-4-6-10-21-14)11-12(15(18)16(17)19)22-13-7-3-5-9-20-13/h1,12-14H,3-11H2. The monoisotopic (exact) mass is 360 g/mol. The fourth-order valence-corrected chi connectivity index (χ4v) is 3.75. The third-order valence-electron chi connectivity index (χ3n) is 4.48. The number of ether oxygens (including phenoxy) is 4. The summed E-state index contributed by atoms with van der Waals surface area (Å²) in [5.41, 5.74) is -1.07. The van der Waals surface area contributed by atoms with Crippen molar-refractivity contribution in [2.45, 2.75) is 69.2 Å². The van der Waals surface area contributed by atoms with Crippen LogP contribution in [0.4, 0.5) is 0 Å². The van der Waals surface area contributed by atoms with Crippen LogP contribution in [-0.4, -0.2) is 37.5 Å². The summed E-state index contributed by atoms with van der Waals surface area (Å²) in [5.74, 6) is 2.67. The van der Waals surface area contributed by atoms with Gasteiger partial charge >= 0.3 is 0 Å². The highest BCUT2D eigenvalue weighted by Gasteiger charge is 2.48. The molecule has 4 atom stereocenters. The summed E-state index contributed by atoms with van der Waals surface area (Å²) in [5, 5.41) is 0.742. The Morgan fingerprint density at radius 3 is 2.26 bits per heavy atom. The predicted molar refractivity (Wildman–Crippen MR) is 88.1 cm³/mol. The van der Waals surface area contributed by atoms with E-state index in [4.69, 9.17) is 48.6 Å². The molecule has 128 valence electrons. The highest BCUT2D eigenvalue weighted by atomic mass is 35.5. The van der Waals surface area contributed by atoms with Gasteiger partial charge in [0.1, 0.15) is 6.10 Å². The van der Waals surface area contributed by atoms with Crippen LogP contribution in [0, 0.1) is 12.3 Å². The minimum atomic E-state index is -1.07. The lowest BCUT2D eigenvalue weighted by Gasteiger charge is -2.32. The van der Waals surface area contributed by atoms with Gasteiger partial charge in [0.15, 0.2) is 18.2 Å². The zero-order valence-corrected chi connectivity index (χ0v) is 14.6. The number of hydrogen-bond donors (Lipinski definition) is 0. The number of hydrogen-bond acceptors (Lipinski definition) is 4. The molecule has 0 bridgehead atoms. The van der Waals surface area contributed by atoms with E-state index in [0.717, 1.165) is 38.5 Å². The molecule has 2 fully saturated rings. The minimum absolute atomic E-state index is 0.258. The average Bonchev–Trinajstić information content (AvgIpc) is 2.82. The van der Waals surface area contributed by atoms with Gasteiger partial charge < -0.3 is 18.9 Å². The lowest BCUT2D eigenvalue weighted by atomic mass is 10.0. The molecule has 1 aliphatic carbocycles. The molecular formula is C17H22Cl2O4. The Morgan fingerprint density at radius 1 is 1.04 bits per heavy atom. The number of rotatable bonds is 4. The van der Waals surface area contributed by atoms with Crippen molar-refractivity contribution in [2.75, 3.05) is 13.2 Å². The Hall–Kier alpha value is -0.280. The smallest absolute Gasteiger partial charge is 0.171 e. The molecule has 23 heavy (non-hydrogen) atoms. The molecule has 0 saturated carbocycles. The van der Waals surface area contributed by atoms with E-state index >= 15 is 0 Å². The van der Waals surface area contributed by atoms with Gasteiger partial charge in [-0.25, -0.2) is 0 Å². The van der Waals surface area contributed by atoms with Crippen LogP contribution in [0.5, 0.6) is 0 Å². The first kappa shape index (κ1) is 17.5. The molecule has 2 saturated heterocycles. The fourth-order valence-electron chi connectivity index (χ4n) is 3.17. The summed E-state index contributed by atoms with van der Waals surface area (Å²) in [7, 11) is 0. The molecule has 0 aromatic rings. The van der Waals surface area contributed by atoms with Crippen LogP contribution in [-0.2, 0) is 18.9 Å². The molecule has 2 aliphatic heterocycles. The van der Waals surface area contributed by atoms with Crippen molar-refractivity contribution >= 4 is 23.2 Å². The van der Waals surface area contributed by atoms with Gasteiger partial charge in [-0.05, 0) is 38.5 Å². The largest absolute Gasteiger partial charge is 0.353 e. The van der Waals surface area contributed by atoms with E-state index < -0.39 is 11.7 Å². The summed E-state index contributed by atoms with van der Waals surface area (Å²) < 4.78 is 23.2. The topological polar surface area (TPSA) is 36.9 Å². The SMILES string of the molecule is C#CC1(OC2CCCCO2)CC(OC2CCCCO2)C(Cl)=C1Cl. The Kier molecular flexibility index (Phi) is 5.90. The van der Waals surface area contributed by atoms with Crippen LogP contribution in [0.3, 0.4) is 0 Å². The van der Waals surface area contributed by atoms with E-state index in [1.807, 2.05) is 0 Å². The van der Waals surface area contributed by atoms with Crippen molar-refractivity contribution in [3.63, 3.8) is 0 Å². The summed E-state index contributed by atoms with van der Waals surface area (Å²) >= 11 is 12.8. The fraction of sp³-hybridized carbons (Fsp3) is 0.765. The Bertz CT molecular complexity index is 489. The molecule has 2 heterocycles. The maximum Gasteiger partial charge on any atom is 0.171 e.